The van der Waals surface area contributed by atoms with Crippen molar-refractivity contribution in [1.82, 2.24) is 5.32 Å². The zero-order chi connectivity index (χ0) is 16.5. The van der Waals surface area contributed by atoms with Gasteiger partial charge in [-0.05, 0) is 43.0 Å². The molecular weight excluding hydrogens is 290 g/mol. The molecule has 1 N–H and O–H groups in total. The normalized spacial score (nSPS) is 15.1. The van der Waals surface area contributed by atoms with E-state index < -0.39 is 0 Å². The van der Waals surface area contributed by atoms with E-state index in [1.165, 1.54) is 24.9 Å². The Morgan fingerprint density at radius 1 is 1.30 bits per heavy atom. The topological polar surface area (TPSA) is 65.4 Å². The predicted molar refractivity (Wildman–Crippen MR) is 91.0 cm³/mol. The van der Waals surface area contributed by atoms with Gasteiger partial charge in [-0.2, -0.15) is 5.26 Å². The number of rotatable bonds is 6. The van der Waals surface area contributed by atoms with Crippen molar-refractivity contribution >= 4 is 17.7 Å². The molecule has 1 amide bonds. The first-order chi connectivity index (χ1) is 11.2. The summed E-state index contributed by atoms with van der Waals surface area (Å²) in [6.07, 6.45) is 5.40. The molecule has 1 saturated heterocycles. The number of carbonyl (C=O) groups excluding carboxylic acids is 1. The molecule has 0 saturated carbocycles. The van der Waals surface area contributed by atoms with Gasteiger partial charge in [0.25, 0.3) is 5.91 Å². The summed E-state index contributed by atoms with van der Waals surface area (Å²) in [5, 5.41) is 11.8. The highest BCUT2D eigenvalue weighted by Gasteiger charge is 2.11. The number of methoxy groups -OCH3 is 1. The minimum absolute atomic E-state index is 0.104. The van der Waals surface area contributed by atoms with E-state index >= 15 is 0 Å². The Morgan fingerprint density at radius 2 is 2.00 bits per heavy atom. The van der Waals surface area contributed by atoms with E-state index in [2.05, 4.69) is 22.3 Å². The van der Waals surface area contributed by atoms with Crippen molar-refractivity contribution in [3.05, 3.63) is 35.4 Å². The first-order valence-corrected chi connectivity index (χ1v) is 7.98. The van der Waals surface area contributed by atoms with E-state index in [1.807, 2.05) is 18.2 Å². The van der Waals surface area contributed by atoms with Crippen LogP contribution in [0.25, 0.3) is 6.08 Å². The number of nitriles is 1. The van der Waals surface area contributed by atoms with Crippen LogP contribution in [-0.4, -0.2) is 39.3 Å². The molecule has 0 spiro atoms. The number of carbonyl (C=O) groups is 1. The summed E-state index contributed by atoms with van der Waals surface area (Å²) >= 11 is 0. The number of hydrogen-bond acceptors (Lipinski definition) is 4. The first-order valence-electron chi connectivity index (χ1n) is 7.98. The van der Waals surface area contributed by atoms with Crippen LogP contribution in [0.5, 0.6) is 0 Å². The van der Waals surface area contributed by atoms with Gasteiger partial charge in [0.2, 0.25) is 0 Å². The molecule has 1 fully saturated rings. The molecule has 0 radical (unpaired) electrons. The van der Waals surface area contributed by atoms with Crippen LogP contribution in [0, 0.1) is 11.3 Å². The van der Waals surface area contributed by atoms with Crippen molar-refractivity contribution in [3.8, 4) is 6.07 Å². The van der Waals surface area contributed by atoms with E-state index in [0.29, 0.717) is 13.2 Å². The van der Waals surface area contributed by atoms with Gasteiger partial charge in [0.15, 0.2) is 0 Å². The summed E-state index contributed by atoms with van der Waals surface area (Å²) in [6, 6.07) is 9.95. The Kier molecular flexibility index (Phi) is 6.64. The number of nitrogens with one attached hydrogen (secondary N) is 1. The Balaban J connectivity index is 2.02. The molecule has 0 unspecified atom stereocenters. The van der Waals surface area contributed by atoms with Crippen molar-refractivity contribution in [2.75, 3.05) is 38.3 Å². The summed E-state index contributed by atoms with van der Waals surface area (Å²) in [4.78, 5) is 14.3. The highest BCUT2D eigenvalue weighted by atomic mass is 16.5. The molecule has 23 heavy (non-hydrogen) atoms. The van der Waals surface area contributed by atoms with Gasteiger partial charge in [0, 0.05) is 32.4 Å². The molecule has 1 aromatic rings. The average Bonchev–Trinajstić information content (AvgIpc) is 2.61. The number of amides is 1. The highest BCUT2D eigenvalue weighted by molar-refractivity contribution is 6.01. The lowest BCUT2D eigenvalue weighted by Gasteiger charge is -2.28. The maximum absolute atomic E-state index is 11.9. The first kappa shape index (κ1) is 17.0. The third-order valence-electron chi connectivity index (χ3n) is 3.88. The van der Waals surface area contributed by atoms with Crippen LogP contribution in [0.2, 0.25) is 0 Å². The molecule has 5 heteroatoms. The van der Waals surface area contributed by atoms with Crippen molar-refractivity contribution in [2.45, 2.75) is 19.3 Å². The van der Waals surface area contributed by atoms with Gasteiger partial charge < -0.3 is 15.0 Å². The second-order valence-electron chi connectivity index (χ2n) is 5.56. The van der Waals surface area contributed by atoms with Gasteiger partial charge in [0.1, 0.15) is 11.6 Å². The molecule has 5 nitrogen and oxygen atoms in total. The zero-order valence-corrected chi connectivity index (χ0v) is 13.5. The van der Waals surface area contributed by atoms with Crippen LogP contribution < -0.4 is 10.2 Å². The molecule has 0 aromatic heterocycles. The standard InChI is InChI=1S/C18H23N3O2/c1-23-12-9-20-18(22)16(14-19)13-15-5-7-17(8-6-15)21-10-3-2-4-11-21/h5-8,13H,2-4,9-12H2,1H3,(H,20,22)/b16-13+. The monoisotopic (exact) mass is 313 g/mol. The smallest absolute Gasteiger partial charge is 0.262 e. The van der Waals surface area contributed by atoms with Crippen molar-refractivity contribution in [1.29, 1.82) is 5.26 Å². The molecule has 1 heterocycles. The Hall–Kier alpha value is -2.32. The van der Waals surface area contributed by atoms with Gasteiger partial charge in [-0.3, -0.25) is 4.79 Å². The van der Waals surface area contributed by atoms with Gasteiger partial charge in [0.05, 0.1) is 6.61 Å². The van der Waals surface area contributed by atoms with E-state index in [4.69, 9.17) is 10.00 Å². The lowest BCUT2D eigenvalue weighted by Crippen LogP contribution is -2.29. The number of anilines is 1. The fourth-order valence-corrected chi connectivity index (χ4v) is 2.61. The Morgan fingerprint density at radius 3 is 2.61 bits per heavy atom. The summed E-state index contributed by atoms with van der Waals surface area (Å²) in [6.45, 7) is 3.01. The maximum Gasteiger partial charge on any atom is 0.262 e. The van der Waals surface area contributed by atoms with Gasteiger partial charge in [-0.1, -0.05) is 12.1 Å². The second-order valence-corrected chi connectivity index (χ2v) is 5.56. The average molecular weight is 313 g/mol. The lowest BCUT2D eigenvalue weighted by atomic mass is 10.1. The Bertz CT molecular complexity index is 581. The fourth-order valence-electron chi connectivity index (χ4n) is 2.61. The van der Waals surface area contributed by atoms with Gasteiger partial charge in [-0.15, -0.1) is 0 Å². The molecule has 2 rings (SSSR count). The quantitative estimate of drug-likeness (QED) is 0.497. The van der Waals surface area contributed by atoms with Crippen LogP contribution in [0.15, 0.2) is 29.8 Å². The van der Waals surface area contributed by atoms with Crippen LogP contribution >= 0.6 is 0 Å². The summed E-state index contributed by atoms with van der Waals surface area (Å²) in [5.74, 6) is -0.371. The Labute approximate surface area is 137 Å². The molecule has 0 bridgehead atoms. The van der Waals surface area contributed by atoms with Crippen molar-refractivity contribution in [2.24, 2.45) is 0 Å². The molecule has 0 aliphatic carbocycles. The fraction of sp³-hybridized carbons (Fsp3) is 0.444. The zero-order valence-electron chi connectivity index (χ0n) is 13.5. The molecule has 0 atom stereocenters. The van der Waals surface area contributed by atoms with Crippen LogP contribution in [-0.2, 0) is 9.53 Å². The minimum atomic E-state index is -0.371. The maximum atomic E-state index is 11.9. The molecular formula is C18H23N3O2. The van der Waals surface area contributed by atoms with E-state index in [1.54, 1.807) is 13.2 Å². The van der Waals surface area contributed by atoms with Crippen LogP contribution in [0.4, 0.5) is 5.69 Å². The number of nitrogens with zero attached hydrogens (tertiary/aromatic N) is 2. The summed E-state index contributed by atoms with van der Waals surface area (Å²) in [5.41, 5.74) is 2.15. The van der Waals surface area contributed by atoms with Crippen molar-refractivity contribution < 1.29 is 9.53 Å². The van der Waals surface area contributed by atoms with E-state index in [-0.39, 0.29) is 11.5 Å². The third kappa shape index (κ3) is 5.11. The molecule has 1 aromatic carbocycles. The number of benzene rings is 1. The largest absolute Gasteiger partial charge is 0.383 e. The third-order valence-corrected chi connectivity index (χ3v) is 3.88. The van der Waals surface area contributed by atoms with Gasteiger partial charge >= 0.3 is 0 Å². The van der Waals surface area contributed by atoms with E-state index in [9.17, 15) is 4.79 Å². The summed E-state index contributed by atoms with van der Waals surface area (Å²) < 4.78 is 4.87. The molecule has 1 aliphatic rings. The molecule has 1 aliphatic heterocycles. The number of ether oxygens (including phenoxy) is 1. The minimum Gasteiger partial charge on any atom is -0.383 e. The molecule has 122 valence electrons. The van der Waals surface area contributed by atoms with E-state index in [0.717, 1.165) is 18.7 Å². The van der Waals surface area contributed by atoms with Crippen LogP contribution in [0.3, 0.4) is 0 Å². The number of hydrogen-bond donors (Lipinski definition) is 1. The second kappa shape index (κ2) is 8.96. The van der Waals surface area contributed by atoms with Crippen LogP contribution in [0.1, 0.15) is 24.8 Å². The highest BCUT2D eigenvalue weighted by Crippen LogP contribution is 2.21. The lowest BCUT2D eigenvalue weighted by molar-refractivity contribution is -0.117. The van der Waals surface area contributed by atoms with Crippen molar-refractivity contribution in [3.63, 3.8) is 0 Å². The SMILES string of the molecule is COCCNC(=O)/C(C#N)=C/c1ccc(N2CCCCC2)cc1. The predicted octanol–water partition coefficient (Wildman–Crippen LogP) is 2.35. The van der Waals surface area contributed by atoms with Gasteiger partial charge in [-0.25, -0.2) is 0 Å². The number of piperidine rings is 1. The summed E-state index contributed by atoms with van der Waals surface area (Å²) in [7, 11) is 1.57.